The maximum absolute atomic E-state index is 13.6. The van der Waals surface area contributed by atoms with Gasteiger partial charge in [-0.25, -0.2) is 13.8 Å². The first-order valence-electron chi connectivity index (χ1n) is 4.60. The van der Waals surface area contributed by atoms with E-state index in [1.54, 1.807) is 12.1 Å². The standard InChI is InChI=1S/C10H6BrFN4O/c11-7-1-2-9(8(12)5-7)15-6-14-16(4-3-13)10(15)17/h1-2,5-6H,4H2. The van der Waals surface area contributed by atoms with Gasteiger partial charge in [-0.15, -0.1) is 0 Å². The lowest BCUT2D eigenvalue weighted by molar-refractivity contribution is 0.612. The van der Waals surface area contributed by atoms with Crippen molar-refractivity contribution in [3.63, 3.8) is 0 Å². The average molecular weight is 297 g/mol. The first-order valence-corrected chi connectivity index (χ1v) is 5.39. The molecule has 2 rings (SSSR count). The average Bonchev–Trinajstić information content (AvgIpc) is 2.62. The van der Waals surface area contributed by atoms with Crippen molar-refractivity contribution in [3.8, 4) is 11.8 Å². The van der Waals surface area contributed by atoms with Gasteiger partial charge in [0.1, 0.15) is 18.7 Å². The van der Waals surface area contributed by atoms with E-state index in [9.17, 15) is 9.18 Å². The molecule has 1 aromatic heterocycles. The molecule has 0 radical (unpaired) electrons. The number of rotatable bonds is 2. The maximum atomic E-state index is 13.6. The number of nitriles is 1. The highest BCUT2D eigenvalue weighted by Gasteiger charge is 2.10. The molecule has 0 bridgehead atoms. The van der Waals surface area contributed by atoms with Crippen LogP contribution in [-0.2, 0) is 6.54 Å². The Balaban J connectivity index is 2.55. The summed E-state index contributed by atoms with van der Waals surface area (Å²) in [5, 5.41) is 12.2. The third kappa shape index (κ3) is 2.12. The fourth-order valence-corrected chi connectivity index (χ4v) is 1.69. The van der Waals surface area contributed by atoms with Crippen LogP contribution in [0.25, 0.3) is 5.69 Å². The van der Waals surface area contributed by atoms with Crippen molar-refractivity contribution in [1.82, 2.24) is 14.3 Å². The van der Waals surface area contributed by atoms with Crippen LogP contribution in [-0.4, -0.2) is 14.3 Å². The van der Waals surface area contributed by atoms with Crippen LogP contribution >= 0.6 is 15.9 Å². The van der Waals surface area contributed by atoms with Gasteiger partial charge in [-0.05, 0) is 18.2 Å². The van der Waals surface area contributed by atoms with Crippen molar-refractivity contribution in [3.05, 3.63) is 45.3 Å². The quantitative estimate of drug-likeness (QED) is 0.843. The molecule has 0 aliphatic rings. The van der Waals surface area contributed by atoms with E-state index in [0.29, 0.717) is 4.47 Å². The van der Waals surface area contributed by atoms with E-state index in [4.69, 9.17) is 5.26 Å². The van der Waals surface area contributed by atoms with Gasteiger partial charge in [-0.1, -0.05) is 15.9 Å². The molecular weight excluding hydrogens is 291 g/mol. The summed E-state index contributed by atoms with van der Waals surface area (Å²) in [6, 6.07) is 6.13. The second kappa shape index (κ2) is 4.51. The zero-order valence-corrected chi connectivity index (χ0v) is 10.1. The maximum Gasteiger partial charge on any atom is 0.351 e. The van der Waals surface area contributed by atoms with Crippen LogP contribution in [0.2, 0.25) is 0 Å². The summed E-state index contributed by atoms with van der Waals surface area (Å²) in [6.45, 7) is -0.163. The fraction of sp³-hybridized carbons (Fsp3) is 0.100. The Morgan fingerprint density at radius 2 is 2.29 bits per heavy atom. The highest BCUT2D eigenvalue weighted by molar-refractivity contribution is 9.10. The molecule has 0 N–H and O–H groups in total. The highest BCUT2D eigenvalue weighted by Crippen LogP contribution is 2.17. The summed E-state index contributed by atoms with van der Waals surface area (Å²) in [4.78, 5) is 11.7. The first kappa shape index (κ1) is 11.5. The van der Waals surface area contributed by atoms with Gasteiger partial charge in [0, 0.05) is 4.47 Å². The lowest BCUT2D eigenvalue weighted by Crippen LogP contribution is -2.24. The summed E-state index contributed by atoms with van der Waals surface area (Å²) in [7, 11) is 0. The lowest BCUT2D eigenvalue weighted by Gasteiger charge is -2.02. The minimum atomic E-state index is -0.548. The fourth-order valence-electron chi connectivity index (χ4n) is 1.35. The predicted octanol–water partition coefficient (Wildman–Crippen LogP) is 1.46. The Morgan fingerprint density at radius 3 is 2.94 bits per heavy atom. The molecule has 2 aromatic rings. The predicted molar refractivity (Wildman–Crippen MR) is 61.1 cm³/mol. The zero-order valence-electron chi connectivity index (χ0n) is 8.47. The van der Waals surface area contributed by atoms with Crippen molar-refractivity contribution in [2.75, 3.05) is 0 Å². The van der Waals surface area contributed by atoms with E-state index >= 15 is 0 Å². The smallest absolute Gasteiger partial charge is 0.247 e. The SMILES string of the molecule is N#CCn1ncn(-c2ccc(Br)cc2F)c1=O. The largest absolute Gasteiger partial charge is 0.351 e. The van der Waals surface area contributed by atoms with E-state index < -0.39 is 11.5 Å². The van der Waals surface area contributed by atoms with Crippen molar-refractivity contribution in [1.29, 1.82) is 5.26 Å². The van der Waals surface area contributed by atoms with Crippen LogP contribution in [0, 0.1) is 17.1 Å². The number of aromatic nitrogens is 3. The van der Waals surface area contributed by atoms with Crippen LogP contribution in [0.3, 0.4) is 0 Å². The van der Waals surface area contributed by atoms with Crippen LogP contribution < -0.4 is 5.69 Å². The molecule has 0 atom stereocenters. The third-order valence-corrected chi connectivity index (χ3v) is 2.62. The molecule has 86 valence electrons. The van der Waals surface area contributed by atoms with Crippen LogP contribution in [0.15, 0.2) is 33.8 Å². The van der Waals surface area contributed by atoms with Gasteiger partial charge in [0.05, 0.1) is 11.8 Å². The first-order chi connectivity index (χ1) is 8.13. The van der Waals surface area contributed by atoms with E-state index in [-0.39, 0.29) is 12.2 Å². The normalized spacial score (nSPS) is 10.2. The van der Waals surface area contributed by atoms with E-state index in [2.05, 4.69) is 21.0 Å². The topological polar surface area (TPSA) is 63.6 Å². The molecule has 0 saturated heterocycles. The van der Waals surface area contributed by atoms with Crippen molar-refractivity contribution in [2.24, 2.45) is 0 Å². The van der Waals surface area contributed by atoms with Crippen LogP contribution in [0.5, 0.6) is 0 Å². The molecule has 5 nitrogen and oxygen atoms in total. The lowest BCUT2D eigenvalue weighted by atomic mass is 10.3. The summed E-state index contributed by atoms with van der Waals surface area (Å²) in [5.74, 6) is -0.544. The van der Waals surface area contributed by atoms with Crippen LogP contribution in [0.1, 0.15) is 0 Å². The Bertz CT molecular complexity index is 655. The Hall–Kier alpha value is -1.94. The summed E-state index contributed by atoms with van der Waals surface area (Å²) in [6.07, 6.45) is 1.19. The number of hydrogen-bond acceptors (Lipinski definition) is 3. The van der Waals surface area contributed by atoms with Gasteiger partial charge < -0.3 is 0 Å². The third-order valence-electron chi connectivity index (χ3n) is 2.12. The summed E-state index contributed by atoms with van der Waals surface area (Å²) >= 11 is 3.13. The molecule has 0 saturated carbocycles. The number of halogens is 2. The van der Waals surface area contributed by atoms with Gasteiger partial charge >= 0.3 is 5.69 Å². The molecule has 0 spiro atoms. The molecule has 0 amide bonds. The highest BCUT2D eigenvalue weighted by atomic mass is 79.9. The second-order valence-corrected chi connectivity index (χ2v) is 4.11. The number of nitrogens with zero attached hydrogens (tertiary/aromatic N) is 4. The molecule has 17 heavy (non-hydrogen) atoms. The van der Waals surface area contributed by atoms with Crippen molar-refractivity contribution in [2.45, 2.75) is 6.54 Å². The monoisotopic (exact) mass is 296 g/mol. The van der Waals surface area contributed by atoms with E-state index in [0.717, 1.165) is 9.25 Å². The molecule has 1 heterocycles. The molecule has 1 aromatic carbocycles. The van der Waals surface area contributed by atoms with Gasteiger partial charge in [-0.2, -0.15) is 15.0 Å². The Kier molecular flexibility index (Phi) is 3.06. The second-order valence-electron chi connectivity index (χ2n) is 3.20. The Morgan fingerprint density at radius 1 is 1.53 bits per heavy atom. The van der Waals surface area contributed by atoms with Crippen molar-refractivity contribution >= 4 is 15.9 Å². The molecule has 0 unspecified atom stereocenters. The molecular formula is C10H6BrFN4O. The van der Waals surface area contributed by atoms with Gasteiger partial charge in [0.25, 0.3) is 0 Å². The summed E-state index contributed by atoms with van der Waals surface area (Å²) < 4.78 is 16.2. The molecule has 0 fully saturated rings. The molecule has 0 aliphatic heterocycles. The minimum Gasteiger partial charge on any atom is -0.247 e. The van der Waals surface area contributed by atoms with Gasteiger partial charge in [-0.3, -0.25) is 0 Å². The summed E-state index contributed by atoms with van der Waals surface area (Å²) in [5.41, 5.74) is -0.449. The minimum absolute atomic E-state index is 0.0994. The van der Waals surface area contributed by atoms with Crippen molar-refractivity contribution < 1.29 is 4.39 Å². The molecule has 7 heteroatoms. The van der Waals surface area contributed by atoms with Gasteiger partial charge in [0.2, 0.25) is 0 Å². The van der Waals surface area contributed by atoms with E-state index in [1.165, 1.54) is 18.5 Å². The van der Waals surface area contributed by atoms with E-state index in [1.807, 2.05) is 0 Å². The van der Waals surface area contributed by atoms with Crippen LogP contribution in [0.4, 0.5) is 4.39 Å². The number of benzene rings is 1. The number of hydrogen-bond donors (Lipinski definition) is 0. The van der Waals surface area contributed by atoms with Gasteiger partial charge in [0.15, 0.2) is 0 Å². The molecule has 0 aliphatic carbocycles. The zero-order chi connectivity index (χ0) is 12.4. The Labute approximate surface area is 104 Å².